The van der Waals surface area contributed by atoms with Crippen molar-refractivity contribution < 1.29 is 20.0 Å². The lowest BCUT2D eigenvalue weighted by Gasteiger charge is -2.17. The van der Waals surface area contributed by atoms with Crippen LogP contribution in [0.2, 0.25) is 0 Å². The molecule has 1 unspecified atom stereocenters. The first-order valence-corrected chi connectivity index (χ1v) is 3.77. The summed E-state index contributed by atoms with van der Waals surface area (Å²) in [6, 6.07) is 3.95. The Morgan fingerprint density at radius 1 is 1.64 bits per heavy atom. The number of benzene rings is 1. The van der Waals surface area contributed by atoms with Crippen LogP contribution in [0.25, 0.3) is 0 Å². The van der Waals surface area contributed by atoms with Gasteiger partial charge in [-0.15, -0.1) is 0 Å². The van der Waals surface area contributed by atoms with Gasteiger partial charge in [0.15, 0.2) is 5.69 Å². The molecule has 0 heterocycles. The Morgan fingerprint density at radius 3 is 2.79 bits per heavy atom. The van der Waals surface area contributed by atoms with Gasteiger partial charge in [0.25, 0.3) is 0 Å². The number of carbonyl (C=O) groups is 1. The first-order chi connectivity index (χ1) is 6.56. The van der Waals surface area contributed by atoms with Crippen molar-refractivity contribution in [1.82, 2.24) is 0 Å². The number of nitrogen functional groups attached to an aromatic ring is 1. The summed E-state index contributed by atoms with van der Waals surface area (Å²) in [6.07, 6.45) is 0. The lowest BCUT2D eigenvalue weighted by atomic mass is 10.1. The summed E-state index contributed by atoms with van der Waals surface area (Å²) in [5.74, 6) is -1.17. The Kier molecular flexibility index (Phi) is 3.03. The lowest BCUT2D eigenvalue weighted by Crippen LogP contribution is -3.00. The van der Waals surface area contributed by atoms with Gasteiger partial charge in [0.1, 0.15) is 0 Å². The number of anilines is 1. The molecule has 6 heteroatoms. The van der Waals surface area contributed by atoms with Crippen molar-refractivity contribution in [3.63, 3.8) is 0 Å². The maximum Gasteiger partial charge on any atom is 0.338 e. The Labute approximate surface area is 80.0 Å². The predicted molar refractivity (Wildman–Crippen MR) is 48.8 cm³/mol. The van der Waals surface area contributed by atoms with Crippen molar-refractivity contribution in [3.8, 4) is 0 Å². The third-order valence-electron chi connectivity index (χ3n) is 1.70. The van der Waals surface area contributed by atoms with E-state index in [1.165, 1.54) is 25.3 Å². The van der Waals surface area contributed by atoms with E-state index in [1.807, 2.05) is 0 Å². The minimum absolute atomic E-state index is 0.104. The largest absolute Gasteiger partial charge is 0.595 e. The second-order valence-electron chi connectivity index (χ2n) is 2.60. The molecule has 0 fully saturated rings. The molecule has 0 spiro atoms. The second-order valence-corrected chi connectivity index (χ2v) is 2.60. The number of nitrogens with one attached hydrogen (secondary N) is 1. The smallest absolute Gasteiger partial charge is 0.338 e. The molecule has 1 aromatic rings. The summed E-state index contributed by atoms with van der Waals surface area (Å²) in [7, 11) is 1.22. The highest BCUT2D eigenvalue weighted by molar-refractivity contribution is 5.94. The Bertz CT molecular complexity index is 353. The van der Waals surface area contributed by atoms with Crippen LogP contribution in [-0.4, -0.2) is 18.2 Å². The predicted octanol–water partition coefficient (Wildman–Crippen LogP) is -0.457. The van der Waals surface area contributed by atoms with Crippen LogP contribution in [0.1, 0.15) is 10.4 Å². The fourth-order valence-electron chi connectivity index (χ4n) is 0.986. The quantitative estimate of drug-likeness (QED) is 0.451. The van der Waals surface area contributed by atoms with Crippen LogP contribution in [0.5, 0.6) is 0 Å². The Morgan fingerprint density at radius 2 is 2.29 bits per heavy atom. The normalized spacial score (nSPS) is 12.4. The van der Waals surface area contributed by atoms with Gasteiger partial charge in [-0.1, -0.05) is 0 Å². The fourth-order valence-corrected chi connectivity index (χ4v) is 0.986. The zero-order valence-electron chi connectivity index (χ0n) is 7.48. The highest BCUT2D eigenvalue weighted by Crippen LogP contribution is 2.14. The number of aromatic carboxylic acids is 1. The highest BCUT2D eigenvalue weighted by atomic mass is 16.9. The number of quaternary nitrogens is 1. The first kappa shape index (κ1) is 10.5. The zero-order valence-corrected chi connectivity index (χ0v) is 7.48. The fraction of sp³-hybridized carbons (Fsp3) is 0.125. The van der Waals surface area contributed by atoms with Crippen LogP contribution in [0, 0.1) is 5.21 Å². The Hall–Kier alpha value is -1.63. The lowest BCUT2D eigenvalue weighted by molar-refractivity contribution is -0.992. The molecule has 1 atom stereocenters. The molecule has 1 aromatic carbocycles. The third-order valence-corrected chi connectivity index (χ3v) is 1.70. The van der Waals surface area contributed by atoms with Crippen LogP contribution in [0.4, 0.5) is 11.4 Å². The summed E-state index contributed by atoms with van der Waals surface area (Å²) < 4.78 is 0. The van der Waals surface area contributed by atoms with Crippen LogP contribution < -0.4 is 11.0 Å². The molecular weight excluding hydrogens is 188 g/mol. The van der Waals surface area contributed by atoms with E-state index in [2.05, 4.69) is 4.84 Å². The average molecular weight is 198 g/mol. The average Bonchev–Trinajstić information content (AvgIpc) is 2.17. The minimum Gasteiger partial charge on any atom is -0.595 e. The number of hydrogen-bond acceptors (Lipinski definition) is 4. The molecular formula is C8H10N2O4. The van der Waals surface area contributed by atoms with E-state index >= 15 is 0 Å². The van der Waals surface area contributed by atoms with E-state index in [-0.39, 0.29) is 16.9 Å². The van der Waals surface area contributed by atoms with Gasteiger partial charge in [0, 0.05) is 17.8 Å². The summed E-state index contributed by atoms with van der Waals surface area (Å²) in [4.78, 5) is 15.1. The van der Waals surface area contributed by atoms with Gasteiger partial charge in [0.2, 0.25) is 0 Å². The van der Waals surface area contributed by atoms with Crippen molar-refractivity contribution in [2.45, 2.75) is 0 Å². The monoisotopic (exact) mass is 198 g/mol. The molecule has 0 aromatic heterocycles. The van der Waals surface area contributed by atoms with E-state index in [0.717, 1.165) is 0 Å². The standard InChI is InChI=1S/C8H10N2O4/c1-14-10(13)5-2-3-7(9)6(4-5)8(11)12/h2-4,10H,9H2,1H3,(H,11,12). The van der Waals surface area contributed by atoms with Gasteiger partial charge in [-0.3, -0.25) is 0 Å². The van der Waals surface area contributed by atoms with Crippen molar-refractivity contribution in [2.24, 2.45) is 0 Å². The molecule has 6 nitrogen and oxygen atoms in total. The van der Waals surface area contributed by atoms with Gasteiger partial charge < -0.3 is 16.0 Å². The molecule has 0 aliphatic rings. The van der Waals surface area contributed by atoms with Gasteiger partial charge in [-0.25, -0.2) is 9.63 Å². The molecule has 0 aliphatic carbocycles. The first-order valence-electron chi connectivity index (χ1n) is 3.77. The molecule has 0 aliphatic heterocycles. The van der Waals surface area contributed by atoms with E-state index in [4.69, 9.17) is 10.8 Å². The molecule has 76 valence electrons. The zero-order chi connectivity index (χ0) is 10.7. The van der Waals surface area contributed by atoms with Gasteiger partial charge in [0.05, 0.1) is 12.7 Å². The molecule has 1 rings (SSSR count). The van der Waals surface area contributed by atoms with Crippen LogP contribution in [-0.2, 0) is 4.84 Å². The maximum atomic E-state index is 11.0. The minimum atomic E-state index is -1.17. The van der Waals surface area contributed by atoms with Crippen LogP contribution in [0.15, 0.2) is 18.2 Å². The number of carboxylic acid groups (broad SMARTS) is 1. The topological polar surface area (TPSA) is 100 Å². The number of carboxylic acids is 1. The van der Waals surface area contributed by atoms with Crippen LogP contribution in [0.3, 0.4) is 0 Å². The summed E-state index contributed by atoms with van der Waals surface area (Å²) in [6.45, 7) is 0. The molecule has 0 radical (unpaired) electrons. The second kappa shape index (κ2) is 4.05. The third kappa shape index (κ3) is 1.99. The molecule has 14 heavy (non-hydrogen) atoms. The summed E-state index contributed by atoms with van der Waals surface area (Å²) in [5, 5.41) is 19.2. The van der Waals surface area contributed by atoms with Crippen molar-refractivity contribution in [2.75, 3.05) is 12.8 Å². The van der Waals surface area contributed by atoms with E-state index in [0.29, 0.717) is 0 Å². The van der Waals surface area contributed by atoms with Crippen LogP contribution >= 0.6 is 0 Å². The molecule has 0 saturated carbocycles. The van der Waals surface area contributed by atoms with E-state index in [1.54, 1.807) is 0 Å². The van der Waals surface area contributed by atoms with Gasteiger partial charge >= 0.3 is 5.97 Å². The molecule has 4 N–H and O–H groups in total. The van der Waals surface area contributed by atoms with E-state index < -0.39 is 11.2 Å². The summed E-state index contributed by atoms with van der Waals surface area (Å²) in [5.41, 5.74) is 5.58. The van der Waals surface area contributed by atoms with Gasteiger partial charge in [-0.05, 0) is 6.07 Å². The van der Waals surface area contributed by atoms with Crippen molar-refractivity contribution >= 4 is 17.3 Å². The summed E-state index contributed by atoms with van der Waals surface area (Å²) >= 11 is 0. The van der Waals surface area contributed by atoms with E-state index in [9.17, 15) is 10.0 Å². The van der Waals surface area contributed by atoms with Crippen molar-refractivity contribution in [3.05, 3.63) is 29.0 Å². The molecule has 0 amide bonds. The molecule has 0 saturated heterocycles. The SMILES string of the molecule is CO[NH+]([O-])c1ccc(N)c(C(=O)O)c1. The maximum absolute atomic E-state index is 11.0. The molecule has 0 bridgehead atoms. The number of rotatable bonds is 3. The van der Waals surface area contributed by atoms with Gasteiger partial charge in [-0.2, -0.15) is 5.23 Å². The number of nitrogens with two attached hydrogens (primary N) is 1. The highest BCUT2D eigenvalue weighted by Gasteiger charge is 2.11. The van der Waals surface area contributed by atoms with Crippen molar-refractivity contribution in [1.29, 1.82) is 0 Å². The Balaban J connectivity index is 3.12. The number of hydrogen-bond donors (Lipinski definition) is 3.